The Morgan fingerprint density at radius 3 is 2.57 bits per heavy atom. The van der Waals surface area contributed by atoms with Gasteiger partial charge in [0.2, 0.25) is 0 Å². The number of aryl methyl sites for hydroxylation is 1. The summed E-state index contributed by atoms with van der Waals surface area (Å²) < 4.78 is 1.87. The van der Waals surface area contributed by atoms with Gasteiger partial charge in [-0.25, -0.2) is 4.68 Å². The van der Waals surface area contributed by atoms with Crippen LogP contribution in [0.4, 0.5) is 0 Å². The molecule has 122 valence electrons. The molecule has 0 amide bonds. The molecule has 0 saturated heterocycles. The number of hydrogen-bond donors (Lipinski definition) is 2. The Hall–Kier alpha value is -2.44. The first-order valence-electron chi connectivity index (χ1n) is 7.98. The Kier molecular flexibility index (Phi) is 4.27. The predicted octanol–water partition coefficient (Wildman–Crippen LogP) is 2.70. The van der Waals surface area contributed by atoms with Crippen LogP contribution >= 0.6 is 0 Å². The molecule has 0 aliphatic rings. The Morgan fingerprint density at radius 1 is 1.04 bits per heavy atom. The zero-order chi connectivity index (χ0) is 16.4. The first-order chi connectivity index (χ1) is 11.0. The normalized spacial score (nSPS) is 12.9. The monoisotopic (exact) mass is 313 g/mol. The molecular formula is C16H23N7. The minimum Gasteiger partial charge on any atom is -0.283 e. The highest BCUT2D eigenvalue weighted by Gasteiger charge is 2.14. The van der Waals surface area contributed by atoms with Gasteiger partial charge in [-0.3, -0.25) is 10.2 Å². The number of H-pyrrole nitrogens is 2. The topological polar surface area (TPSA) is 88.1 Å². The van der Waals surface area contributed by atoms with E-state index in [1.807, 2.05) is 17.8 Å². The van der Waals surface area contributed by atoms with Gasteiger partial charge in [0.15, 0.2) is 0 Å². The zero-order valence-electron chi connectivity index (χ0n) is 14.0. The largest absolute Gasteiger partial charge is 0.283 e. The third-order valence-electron chi connectivity index (χ3n) is 3.75. The molecule has 3 aromatic rings. The number of hydrogen-bond acceptors (Lipinski definition) is 4. The van der Waals surface area contributed by atoms with E-state index in [4.69, 9.17) is 0 Å². The van der Waals surface area contributed by atoms with Crippen molar-refractivity contribution in [2.75, 3.05) is 0 Å². The molecule has 2 N–H and O–H groups in total. The summed E-state index contributed by atoms with van der Waals surface area (Å²) in [6, 6.07) is 4.30. The molecule has 7 heteroatoms. The number of nitrogens with one attached hydrogen (secondary N) is 2. The third kappa shape index (κ3) is 3.67. The van der Waals surface area contributed by atoms with Gasteiger partial charge in [0.25, 0.3) is 0 Å². The molecule has 1 atom stereocenters. The van der Waals surface area contributed by atoms with Crippen LogP contribution in [-0.2, 0) is 12.8 Å². The standard InChI is InChI=1S/C16H23N7/c1-10(2)5-13-8-15(20-19-13)16-9-23(22-21-16)12(4)7-14-6-11(3)17-18-14/h6,8-10,12H,5,7H2,1-4H3,(H,17,18)(H,19,20). The van der Waals surface area contributed by atoms with Crippen LogP contribution in [0.5, 0.6) is 0 Å². The second-order valence-electron chi connectivity index (χ2n) is 6.56. The summed E-state index contributed by atoms with van der Waals surface area (Å²) in [5.74, 6) is 0.594. The average molecular weight is 313 g/mol. The summed E-state index contributed by atoms with van der Waals surface area (Å²) >= 11 is 0. The molecule has 3 heterocycles. The van der Waals surface area contributed by atoms with Gasteiger partial charge >= 0.3 is 0 Å². The highest BCUT2D eigenvalue weighted by molar-refractivity contribution is 5.52. The summed E-state index contributed by atoms with van der Waals surface area (Å²) in [6.07, 6.45) is 3.74. The fraction of sp³-hybridized carbons (Fsp3) is 0.500. The van der Waals surface area contributed by atoms with E-state index >= 15 is 0 Å². The summed E-state index contributed by atoms with van der Waals surface area (Å²) in [6.45, 7) is 8.49. The molecule has 1 unspecified atom stereocenters. The van der Waals surface area contributed by atoms with Crippen molar-refractivity contribution in [3.05, 3.63) is 35.4 Å². The van der Waals surface area contributed by atoms with E-state index in [-0.39, 0.29) is 6.04 Å². The molecular weight excluding hydrogens is 290 g/mol. The number of rotatable bonds is 6. The van der Waals surface area contributed by atoms with Gasteiger partial charge in [0, 0.05) is 17.8 Å². The van der Waals surface area contributed by atoms with Crippen molar-refractivity contribution < 1.29 is 0 Å². The van der Waals surface area contributed by atoms with E-state index in [0.717, 1.165) is 41.3 Å². The lowest BCUT2D eigenvalue weighted by Crippen LogP contribution is -2.09. The van der Waals surface area contributed by atoms with E-state index < -0.39 is 0 Å². The van der Waals surface area contributed by atoms with Gasteiger partial charge in [-0.15, -0.1) is 5.10 Å². The maximum atomic E-state index is 4.34. The Morgan fingerprint density at radius 2 is 1.87 bits per heavy atom. The molecule has 0 spiro atoms. The lowest BCUT2D eigenvalue weighted by Gasteiger charge is -2.08. The van der Waals surface area contributed by atoms with E-state index in [0.29, 0.717) is 5.92 Å². The van der Waals surface area contributed by atoms with Crippen LogP contribution in [-0.4, -0.2) is 35.4 Å². The van der Waals surface area contributed by atoms with Gasteiger partial charge in [-0.2, -0.15) is 10.2 Å². The van der Waals surface area contributed by atoms with Gasteiger partial charge in [0.1, 0.15) is 11.4 Å². The Bertz CT molecular complexity index is 765. The summed E-state index contributed by atoms with van der Waals surface area (Å²) in [7, 11) is 0. The van der Waals surface area contributed by atoms with Gasteiger partial charge in [-0.05, 0) is 38.3 Å². The Labute approximate surface area is 135 Å². The molecule has 0 aromatic carbocycles. The summed E-state index contributed by atoms with van der Waals surface area (Å²) in [5.41, 5.74) is 4.87. The minimum absolute atomic E-state index is 0.188. The molecule has 3 rings (SSSR count). The zero-order valence-corrected chi connectivity index (χ0v) is 14.0. The summed E-state index contributed by atoms with van der Waals surface area (Å²) in [4.78, 5) is 0. The highest BCUT2D eigenvalue weighted by Crippen LogP contribution is 2.19. The van der Waals surface area contributed by atoms with Crippen molar-refractivity contribution in [1.29, 1.82) is 0 Å². The lowest BCUT2D eigenvalue weighted by molar-refractivity contribution is 0.470. The van der Waals surface area contributed by atoms with Crippen LogP contribution in [0.25, 0.3) is 11.4 Å². The quantitative estimate of drug-likeness (QED) is 0.732. The van der Waals surface area contributed by atoms with Gasteiger partial charge < -0.3 is 0 Å². The van der Waals surface area contributed by atoms with Crippen LogP contribution in [0.2, 0.25) is 0 Å². The van der Waals surface area contributed by atoms with Crippen LogP contribution in [0.1, 0.15) is 43.9 Å². The van der Waals surface area contributed by atoms with Crippen LogP contribution < -0.4 is 0 Å². The van der Waals surface area contributed by atoms with Gasteiger partial charge in [0.05, 0.1) is 17.9 Å². The maximum absolute atomic E-state index is 4.34. The number of aromatic nitrogens is 7. The van der Waals surface area contributed by atoms with Crippen molar-refractivity contribution >= 4 is 0 Å². The molecule has 0 aliphatic heterocycles. The smallest absolute Gasteiger partial charge is 0.133 e. The van der Waals surface area contributed by atoms with E-state index in [9.17, 15) is 0 Å². The molecule has 23 heavy (non-hydrogen) atoms. The first kappa shape index (κ1) is 15.5. The van der Waals surface area contributed by atoms with Crippen molar-refractivity contribution in [3.8, 4) is 11.4 Å². The number of aromatic amines is 2. The second kappa shape index (κ2) is 6.36. The fourth-order valence-corrected chi connectivity index (χ4v) is 2.62. The van der Waals surface area contributed by atoms with E-state index in [1.54, 1.807) is 0 Å². The van der Waals surface area contributed by atoms with E-state index in [2.05, 4.69) is 63.6 Å². The Balaban J connectivity index is 1.70. The first-order valence-corrected chi connectivity index (χ1v) is 7.98. The molecule has 0 saturated carbocycles. The molecule has 3 aromatic heterocycles. The molecule has 0 bridgehead atoms. The number of nitrogens with zero attached hydrogens (tertiary/aromatic N) is 5. The average Bonchev–Trinajstić information content (AvgIpc) is 3.18. The second-order valence-corrected chi connectivity index (χ2v) is 6.56. The lowest BCUT2D eigenvalue weighted by atomic mass is 10.1. The third-order valence-corrected chi connectivity index (χ3v) is 3.75. The molecule has 7 nitrogen and oxygen atoms in total. The maximum Gasteiger partial charge on any atom is 0.133 e. The minimum atomic E-state index is 0.188. The van der Waals surface area contributed by atoms with Crippen molar-refractivity contribution in [2.45, 2.75) is 46.6 Å². The van der Waals surface area contributed by atoms with Crippen molar-refractivity contribution in [3.63, 3.8) is 0 Å². The molecule has 0 radical (unpaired) electrons. The van der Waals surface area contributed by atoms with Crippen molar-refractivity contribution in [2.24, 2.45) is 5.92 Å². The SMILES string of the molecule is Cc1cc(CC(C)n2cc(-c3cc(CC(C)C)[nH]n3)nn2)n[nH]1. The van der Waals surface area contributed by atoms with E-state index in [1.165, 1.54) is 0 Å². The van der Waals surface area contributed by atoms with Crippen LogP contribution in [0.3, 0.4) is 0 Å². The van der Waals surface area contributed by atoms with Crippen LogP contribution in [0, 0.1) is 12.8 Å². The molecule has 0 aliphatic carbocycles. The van der Waals surface area contributed by atoms with Crippen molar-refractivity contribution in [1.82, 2.24) is 35.4 Å². The van der Waals surface area contributed by atoms with Crippen LogP contribution in [0.15, 0.2) is 18.3 Å². The highest BCUT2D eigenvalue weighted by atomic mass is 15.4. The molecule has 0 fully saturated rings. The predicted molar refractivity (Wildman–Crippen MR) is 87.9 cm³/mol. The van der Waals surface area contributed by atoms with Gasteiger partial charge in [-0.1, -0.05) is 19.1 Å². The fourth-order valence-electron chi connectivity index (χ4n) is 2.62. The summed E-state index contributed by atoms with van der Waals surface area (Å²) in [5, 5.41) is 23.1.